The van der Waals surface area contributed by atoms with Crippen LogP contribution in [0.25, 0.3) is 0 Å². The van der Waals surface area contributed by atoms with Gasteiger partial charge in [0.1, 0.15) is 11.9 Å². The third-order valence-corrected chi connectivity index (χ3v) is 4.16. The summed E-state index contributed by atoms with van der Waals surface area (Å²) in [6.45, 7) is 0. The number of rotatable bonds is 4. The van der Waals surface area contributed by atoms with Crippen LogP contribution in [0.2, 0.25) is 0 Å². The van der Waals surface area contributed by atoms with Gasteiger partial charge < -0.3 is 9.40 Å². The number of hydrogen-bond acceptors (Lipinski definition) is 3. The number of aliphatic hydroxyl groups is 1. The van der Waals surface area contributed by atoms with Crippen molar-refractivity contribution in [3.8, 4) is 0 Å². The molecule has 1 aliphatic carbocycles. The fourth-order valence-corrected chi connectivity index (χ4v) is 3.02. The quantitative estimate of drug-likeness (QED) is 0.922. The molecule has 1 atom stereocenters. The molecule has 1 aromatic rings. The average molecular weight is 283 g/mol. The zero-order valence-corrected chi connectivity index (χ0v) is 11.6. The van der Waals surface area contributed by atoms with Gasteiger partial charge in [-0.25, -0.2) is 0 Å². The molecule has 0 amide bonds. The van der Waals surface area contributed by atoms with Crippen molar-refractivity contribution in [1.29, 1.82) is 0 Å². The Labute approximate surface area is 118 Å². The Balaban J connectivity index is 2.18. The molecule has 19 heavy (non-hydrogen) atoms. The summed E-state index contributed by atoms with van der Waals surface area (Å²) in [5.41, 5.74) is 0.0219. The fraction of sp³-hybridized carbons (Fsp3) is 0.533. The van der Waals surface area contributed by atoms with Crippen molar-refractivity contribution in [3.63, 3.8) is 0 Å². The molecule has 1 fully saturated rings. The van der Waals surface area contributed by atoms with E-state index >= 15 is 0 Å². The number of carbonyl (C=O) groups excluding carboxylic acids is 1. The second-order valence-corrected chi connectivity index (χ2v) is 5.46. The molecule has 0 aromatic heterocycles. The van der Waals surface area contributed by atoms with Gasteiger partial charge in [-0.2, -0.15) is 0 Å². The monoisotopic (exact) mass is 282 g/mol. The maximum Gasteiger partial charge on any atom is 0.331 e. The van der Waals surface area contributed by atoms with Gasteiger partial charge in [-0.15, -0.1) is 0 Å². The van der Waals surface area contributed by atoms with E-state index in [2.05, 4.69) is 4.29 Å². The van der Waals surface area contributed by atoms with Gasteiger partial charge in [0, 0.05) is 0 Å². The summed E-state index contributed by atoms with van der Waals surface area (Å²) in [7, 11) is 0. The first-order chi connectivity index (χ1) is 9.15. The van der Waals surface area contributed by atoms with E-state index < -0.39 is 17.5 Å². The lowest BCUT2D eigenvalue weighted by Gasteiger charge is -2.37. The van der Waals surface area contributed by atoms with Gasteiger partial charge in [0.25, 0.3) is 0 Å². The maximum absolute atomic E-state index is 11.9. The highest BCUT2D eigenvalue weighted by Crippen LogP contribution is 2.37. The van der Waals surface area contributed by atoms with Crippen molar-refractivity contribution in [2.75, 3.05) is 0 Å². The Kier molecular flexibility index (Phi) is 4.83. The normalized spacial score (nSPS) is 19.7. The molecule has 104 valence electrons. The predicted octanol–water partition coefficient (Wildman–Crippen LogP) is 3.24. The van der Waals surface area contributed by atoms with E-state index in [0.29, 0.717) is 19.3 Å². The smallest absolute Gasteiger partial charge is 0.331 e. The second kappa shape index (κ2) is 6.40. The van der Waals surface area contributed by atoms with E-state index in [1.54, 1.807) is 0 Å². The number of hydrogen-bond donors (Lipinski definition) is 1. The first-order valence-electron chi connectivity index (χ1n) is 6.74. The van der Waals surface area contributed by atoms with Crippen LogP contribution in [-0.2, 0) is 15.5 Å². The molecule has 0 aliphatic heterocycles. The van der Waals surface area contributed by atoms with E-state index in [9.17, 15) is 9.90 Å². The molecule has 1 unspecified atom stereocenters. The van der Waals surface area contributed by atoms with Crippen LogP contribution in [0.3, 0.4) is 0 Å². The summed E-state index contributed by atoms with van der Waals surface area (Å²) in [6, 6.07) is 9.65. The minimum absolute atomic E-state index is 0.461. The lowest BCUT2D eigenvalue weighted by molar-refractivity contribution is -0.151. The Bertz CT molecular complexity index is 413. The highest BCUT2D eigenvalue weighted by atomic mass is 35.5. The van der Waals surface area contributed by atoms with Gasteiger partial charge in [-0.1, -0.05) is 49.6 Å². The van der Waals surface area contributed by atoms with E-state index in [1.807, 2.05) is 30.3 Å². The first-order valence-corrected chi connectivity index (χ1v) is 7.05. The van der Waals surface area contributed by atoms with Gasteiger partial charge in [0.05, 0.1) is 11.5 Å². The predicted molar refractivity (Wildman–Crippen MR) is 73.6 cm³/mol. The molecule has 0 saturated heterocycles. The molecule has 2 rings (SSSR count). The highest BCUT2D eigenvalue weighted by molar-refractivity contribution is 6.13. The second-order valence-electron chi connectivity index (χ2n) is 5.30. The van der Waals surface area contributed by atoms with Gasteiger partial charge in [0.2, 0.25) is 0 Å². The summed E-state index contributed by atoms with van der Waals surface area (Å²) in [4.78, 5) is 11.9. The standard InChI is InChI=1S/C15H19ClO3/c16-19-14(17)13(11-12-7-3-1-4-8-12)15(18)9-5-2-6-10-15/h1,3-4,7-8,13,18H,2,5-6,9-11H2. The minimum atomic E-state index is -0.986. The first kappa shape index (κ1) is 14.4. The van der Waals surface area contributed by atoms with Crippen LogP contribution in [0.4, 0.5) is 0 Å². The summed E-state index contributed by atoms with van der Waals surface area (Å²) in [5, 5.41) is 10.7. The van der Waals surface area contributed by atoms with Crippen molar-refractivity contribution in [2.45, 2.75) is 44.1 Å². The molecule has 0 radical (unpaired) electrons. The van der Waals surface area contributed by atoms with Gasteiger partial charge >= 0.3 is 5.97 Å². The van der Waals surface area contributed by atoms with Crippen molar-refractivity contribution in [3.05, 3.63) is 35.9 Å². The summed E-state index contributed by atoms with van der Waals surface area (Å²) in [5.74, 6) is -1.12. The molecule has 1 aromatic carbocycles. The molecular formula is C15H19ClO3. The van der Waals surface area contributed by atoms with Crippen molar-refractivity contribution in [1.82, 2.24) is 0 Å². The van der Waals surface area contributed by atoms with Crippen molar-refractivity contribution >= 4 is 17.8 Å². The van der Waals surface area contributed by atoms with Crippen LogP contribution in [0.15, 0.2) is 30.3 Å². The third-order valence-electron chi connectivity index (χ3n) is 4.01. The molecule has 0 bridgehead atoms. The molecule has 1 N–H and O–H groups in total. The van der Waals surface area contributed by atoms with E-state index in [4.69, 9.17) is 11.9 Å². The summed E-state index contributed by atoms with van der Waals surface area (Å²) >= 11 is 5.23. The van der Waals surface area contributed by atoms with Gasteiger partial charge in [-0.05, 0) is 24.8 Å². The number of benzene rings is 1. The topological polar surface area (TPSA) is 46.5 Å². The van der Waals surface area contributed by atoms with Gasteiger partial charge in [0.15, 0.2) is 0 Å². The lowest BCUT2D eigenvalue weighted by Crippen LogP contribution is -2.45. The largest absolute Gasteiger partial charge is 0.389 e. The lowest BCUT2D eigenvalue weighted by atomic mass is 9.73. The molecule has 0 spiro atoms. The summed E-state index contributed by atoms with van der Waals surface area (Å²) in [6.07, 6.45) is 4.72. The minimum Gasteiger partial charge on any atom is -0.389 e. The van der Waals surface area contributed by atoms with E-state index in [1.165, 1.54) is 0 Å². The Morgan fingerprint density at radius 3 is 2.47 bits per heavy atom. The van der Waals surface area contributed by atoms with Crippen molar-refractivity contribution in [2.24, 2.45) is 5.92 Å². The molecule has 1 aliphatic rings. The molecular weight excluding hydrogens is 264 g/mol. The SMILES string of the molecule is O=C(OCl)C(Cc1ccccc1)C1(O)CCCCC1. The molecule has 0 heterocycles. The fourth-order valence-electron chi connectivity index (χ4n) is 2.91. The van der Waals surface area contributed by atoms with Crippen LogP contribution in [0, 0.1) is 5.92 Å². The zero-order chi connectivity index (χ0) is 13.7. The number of halogens is 1. The molecule has 3 nitrogen and oxygen atoms in total. The number of carbonyl (C=O) groups is 1. The van der Waals surface area contributed by atoms with Crippen LogP contribution in [0.5, 0.6) is 0 Å². The maximum atomic E-state index is 11.9. The van der Waals surface area contributed by atoms with Crippen LogP contribution in [0.1, 0.15) is 37.7 Å². The Morgan fingerprint density at radius 1 is 1.26 bits per heavy atom. The van der Waals surface area contributed by atoms with Gasteiger partial charge in [-0.3, -0.25) is 4.79 Å². The van der Waals surface area contributed by atoms with Crippen molar-refractivity contribution < 1.29 is 14.2 Å². The van der Waals surface area contributed by atoms with E-state index in [0.717, 1.165) is 24.8 Å². The third kappa shape index (κ3) is 3.48. The van der Waals surface area contributed by atoms with Crippen LogP contribution < -0.4 is 0 Å². The Morgan fingerprint density at radius 2 is 1.89 bits per heavy atom. The van der Waals surface area contributed by atoms with E-state index in [-0.39, 0.29) is 0 Å². The Hall–Kier alpha value is -1.06. The summed E-state index contributed by atoms with van der Waals surface area (Å²) < 4.78 is 4.38. The highest BCUT2D eigenvalue weighted by Gasteiger charge is 2.43. The zero-order valence-electron chi connectivity index (χ0n) is 10.8. The molecule has 1 saturated carbocycles. The average Bonchev–Trinajstić information content (AvgIpc) is 2.46. The van der Waals surface area contributed by atoms with Crippen LogP contribution >= 0.6 is 11.9 Å². The van der Waals surface area contributed by atoms with Crippen LogP contribution in [-0.4, -0.2) is 16.7 Å². The molecule has 4 heteroatoms.